The highest BCUT2D eigenvalue weighted by Gasteiger charge is 2.25. The zero-order valence-electron chi connectivity index (χ0n) is 10.4. The Kier molecular flexibility index (Phi) is 3.62. The summed E-state index contributed by atoms with van der Waals surface area (Å²) in [4.78, 5) is 7.03. The number of hydrogen-bond acceptors (Lipinski definition) is 3. The SMILES string of the molecule is CC1CCN(c2cnccc2C(N)=S)C(C)C1. The number of thiocarbonyl (C=S) groups is 1. The second-order valence-corrected chi connectivity index (χ2v) is 5.37. The van der Waals surface area contributed by atoms with E-state index in [2.05, 4.69) is 23.7 Å². The molecule has 1 fully saturated rings. The maximum absolute atomic E-state index is 5.77. The summed E-state index contributed by atoms with van der Waals surface area (Å²) in [7, 11) is 0. The molecule has 1 aliphatic rings. The van der Waals surface area contributed by atoms with Crippen molar-refractivity contribution < 1.29 is 0 Å². The fourth-order valence-electron chi connectivity index (χ4n) is 2.59. The molecule has 0 aliphatic carbocycles. The van der Waals surface area contributed by atoms with Gasteiger partial charge in [0.05, 0.1) is 11.9 Å². The van der Waals surface area contributed by atoms with Gasteiger partial charge in [0.25, 0.3) is 0 Å². The molecule has 4 heteroatoms. The average Bonchev–Trinajstić information content (AvgIpc) is 2.29. The van der Waals surface area contributed by atoms with E-state index in [1.54, 1.807) is 6.20 Å². The van der Waals surface area contributed by atoms with Crippen LogP contribution in [0.2, 0.25) is 0 Å². The lowest BCUT2D eigenvalue weighted by Gasteiger charge is -2.38. The first-order valence-electron chi connectivity index (χ1n) is 6.10. The molecule has 0 spiro atoms. The van der Waals surface area contributed by atoms with Crippen molar-refractivity contribution in [3.8, 4) is 0 Å². The molecule has 0 bridgehead atoms. The summed E-state index contributed by atoms with van der Waals surface area (Å²) >= 11 is 5.10. The largest absolute Gasteiger partial charge is 0.389 e. The maximum atomic E-state index is 5.77. The second kappa shape index (κ2) is 5.00. The number of piperidine rings is 1. The molecule has 2 atom stereocenters. The number of aromatic nitrogens is 1. The van der Waals surface area contributed by atoms with E-state index in [-0.39, 0.29) is 0 Å². The highest BCUT2D eigenvalue weighted by molar-refractivity contribution is 7.80. The van der Waals surface area contributed by atoms with Crippen molar-refractivity contribution in [2.75, 3.05) is 11.4 Å². The molecule has 0 aromatic carbocycles. The van der Waals surface area contributed by atoms with E-state index in [1.807, 2.05) is 12.3 Å². The number of hydrogen-bond donors (Lipinski definition) is 1. The van der Waals surface area contributed by atoms with Crippen LogP contribution in [0.5, 0.6) is 0 Å². The van der Waals surface area contributed by atoms with Crippen LogP contribution in [0.3, 0.4) is 0 Å². The summed E-state index contributed by atoms with van der Waals surface area (Å²) in [5.74, 6) is 0.797. The van der Waals surface area contributed by atoms with Crippen LogP contribution in [0.1, 0.15) is 32.3 Å². The Bertz CT molecular complexity index is 419. The van der Waals surface area contributed by atoms with E-state index in [9.17, 15) is 0 Å². The lowest BCUT2D eigenvalue weighted by molar-refractivity contribution is 0.377. The monoisotopic (exact) mass is 249 g/mol. The highest BCUT2D eigenvalue weighted by atomic mass is 32.1. The summed E-state index contributed by atoms with van der Waals surface area (Å²) in [5.41, 5.74) is 7.79. The van der Waals surface area contributed by atoms with Crippen molar-refractivity contribution in [3.05, 3.63) is 24.0 Å². The Morgan fingerprint density at radius 3 is 2.94 bits per heavy atom. The molecule has 2 N–H and O–H groups in total. The van der Waals surface area contributed by atoms with Crippen LogP contribution in [0, 0.1) is 5.92 Å². The van der Waals surface area contributed by atoms with Crippen LogP contribution < -0.4 is 10.6 Å². The molecule has 3 nitrogen and oxygen atoms in total. The van der Waals surface area contributed by atoms with Crippen LogP contribution >= 0.6 is 12.2 Å². The van der Waals surface area contributed by atoms with Gasteiger partial charge in [-0.15, -0.1) is 0 Å². The van der Waals surface area contributed by atoms with Gasteiger partial charge >= 0.3 is 0 Å². The van der Waals surface area contributed by atoms with Gasteiger partial charge in [-0.2, -0.15) is 0 Å². The molecule has 1 aromatic rings. The van der Waals surface area contributed by atoms with Gasteiger partial charge in [0.15, 0.2) is 0 Å². The molecular weight excluding hydrogens is 230 g/mol. The molecule has 17 heavy (non-hydrogen) atoms. The molecular formula is C13H19N3S. The lowest BCUT2D eigenvalue weighted by atomic mass is 9.92. The van der Waals surface area contributed by atoms with Crippen molar-refractivity contribution in [1.82, 2.24) is 4.98 Å². The van der Waals surface area contributed by atoms with Crippen LogP contribution in [0.4, 0.5) is 5.69 Å². The maximum Gasteiger partial charge on any atom is 0.106 e. The smallest absolute Gasteiger partial charge is 0.106 e. The number of pyridine rings is 1. The number of anilines is 1. The predicted octanol–water partition coefficient (Wildman–Crippen LogP) is 2.34. The second-order valence-electron chi connectivity index (χ2n) is 4.93. The Hall–Kier alpha value is -1.16. The molecule has 2 rings (SSSR count). The van der Waals surface area contributed by atoms with Gasteiger partial charge in [-0.1, -0.05) is 19.1 Å². The van der Waals surface area contributed by atoms with E-state index < -0.39 is 0 Å². The van der Waals surface area contributed by atoms with Gasteiger partial charge < -0.3 is 10.6 Å². The summed E-state index contributed by atoms with van der Waals surface area (Å²) < 4.78 is 0. The third-order valence-electron chi connectivity index (χ3n) is 3.51. The van der Waals surface area contributed by atoms with Gasteiger partial charge in [0, 0.05) is 24.3 Å². The quantitative estimate of drug-likeness (QED) is 0.817. The van der Waals surface area contributed by atoms with E-state index in [0.29, 0.717) is 11.0 Å². The Labute approximate surface area is 108 Å². The van der Waals surface area contributed by atoms with Crippen molar-refractivity contribution in [3.63, 3.8) is 0 Å². The minimum Gasteiger partial charge on any atom is -0.389 e. The van der Waals surface area contributed by atoms with Gasteiger partial charge in [0.1, 0.15) is 4.99 Å². The summed E-state index contributed by atoms with van der Waals surface area (Å²) in [5, 5.41) is 0. The summed E-state index contributed by atoms with van der Waals surface area (Å²) in [6.07, 6.45) is 6.05. The molecule has 92 valence electrons. The highest BCUT2D eigenvalue weighted by Crippen LogP contribution is 2.29. The molecule has 1 saturated heterocycles. The summed E-state index contributed by atoms with van der Waals surface area (Å²) in [6.45, 7) is 5.63. The van der Waals surface area contributed by atoms with Crippen molar-refractivity contribution >= 4 is 22.9 Å². The zero-order valence-corrected chi connectivity index (χ0v) is 11.2. The topological polar surface area (TPSA) is 42.2 Å². The number of nitrogens with two attached hydrogens (primary N) is 1. The van der Waals surface area contributed by atoms with E-state index in [1.165, 1.54) is 12.8 Å². The first-order valence-corrected chi connectivity index (χ1v) is 6.51. The fourth-order valence-corrected chi connectivity index (χ4v) is 2.76. The normalized spacial score (nSPS) is 24.7. The van der Waals surface area contributed by atoms with Crippen LogP contribution in [-0.4, -0.2) is 22.6 Å². The van der Waals surface area contributed by atoms with E-state index >= 15 is 0 Å². The number of rotatable bonds is 2. The third kappa shape index (κ3) is 2.57. The van der Waals surface area contributed by atoms with Crippen LogP contribution in [-0.2, 0) is 0 Å². The Balaban J connectivity index is 2.30. The average molecular weight is 249 g/mol. The first-order chi connectivity index (χ1) is 8.09. The van der Waals surface area contributed by atoms with Gasteiger partial charge in [-0.25, -0.2) is 0 Å². The van der Waals surface area contributed by atoms with Crippen LogP contribution in [0.15, 0.2) is 18.5 Å². The van der Waals surface area contributed by atoms with E-state index in [0.717, 1.165) is 23.7 Å². The Morgan fingerprint density at radius 2 is 2.29 bits per heavy atom. The van der Waals surface area contributed by atoms with Crippen LogP contribution in [0.25, 0.3) is 0 Å². The standard InChI is InChI=1S/C13H19N3S/c1-9-4-6-16(10(2)7-9)12-8-15-5-3-11(12)13(14)17/h3,5,8-10H,4,6-7H2,1-2H3,(H2,14,17). The molecule has 1 aliphatic heterocycles. The zero-order chi connectivity index (χ0) is 12.4. The predicted molar refractivity (Wildman–Crippen MR) is 75.3 cm³/mol. The number of nitrogens with zero attached hydrogens (tertiary/aromatic N) is 2. The summed E-state index contributed by atoms with van der Waals surface area (Å²) in [6, 6.07) is 2.43. The Morgan fingerprint density at radius 1 is 1.53 bits per heavy atom. The van der Waals surface area contributed by atoms with Gasteiger partial charge in [-0.05, 0) is 31.7 Å². The van der Waals surface area contributed by atoms with Gasteiger partial charge in [-0.3, -0.25) is 4.98 Å². The van der Waals surface area contributed by atoms with Crippen molar-refractivity contribution in [2.24, 2.45) is 11.7 Å². The molecule has 0 radical (unpaired) electrons. The molecule has 1 aromatic heterocycles. The van der Waals surface area contributed by atoms with Crippen molar-refractivity contribution in [1.29, 1.82) is 0 Å². The molecule has 2 unspecified atom stereocenters. The minimum atomic E-state index is 0.452. The van der Waals surface area contributed by atoms with Crippen molar-refractivity contribution in [2.45, 2.75) is 32.7 Å². The van der Waals surface area contributed by atoms with E-state index in [4.69, 9.17) is 18.0 Å². The third-order valence-corrected chi connectivity index (χ3v) is 3.73. The molecule has 0 amide bonds. The lowest BCUT2D eigenvalue weighted by Crippen LogP contribution is -2.41. The molecule has 0 saturated carbocycles. The fraction of sp³-hybridized carbons (Fsp3) is 0.538. The minimum absolute atomic E-state index is 0.452. The van der Waals surface area contributed by atoms with Gasteiger partial charge in [0.2, 0.25) is 0 Å². The first kappa shape index (κ1) is 12.3. The molecule has 2 heterocycles.